The highest BCUT2D eigenvalue weighted by Crippen LogP contribution is 2.21. The molecule has 0 aromatic heterocycles. The third-order valence-electron chi connectivity index (χ3n) is 1.63. The van der Waals surface area contributed by atoms with Crippen molar-refractivity contribution in [2.45, 2.75) is 13.8 Å². The van der Waals surface area contributed by atoms with Crippen LogP contribution in [0.2, 0.25) is 0 Å². The Balaban J connectivity index is 2.70. The van der Waals surface area contributed by atoms with E-state index in [1.807, 2.05) is 13.8 Å². The highest BCUT2D eigenvalue weighted by molar-refractivity contribution is 6.16. The highest BCUT2D eigenvalue weighted by atomic mass is 14.9. The molecule has 0 aromatic carbocycles. The van der Waals surface area contributed by atoms with Crippen LogP contribution in [0.15, 0.2) is 28.4 Å². The molecule has 54 valence electrons. The molecule has 1 heterocycles. The van der Waals surface area contributed by atoms with E-state index >= 15 is 0 Å². The van der Waals surface area contributed by atoms with Gasteiger partial charge in [-0.2, -0.15) is 0 Å². The van der Waals surface area contributed by atoms with Crippen LogP contribution in [0, 0.1) is 0 Å². The summed E-state index contributed by atoms with van der Waals surface area (Å²) in [5.41, 5.74) is 9.66. The highest BCUT2D eigenvalue weighted by Gasteiger charge is 2.16. The number of hydrogen-bond donors (Lipinski definition) is 1. The smallest absolute Gasteiger partial charge is 0.0704 e. The Morgan fingerprint density at radius 1 is 1.70 bits per heavy atom. The van der Waals surface area contributed by atoms with Crippen LogP contribution in [0.5, 0.6) is 0 Å². The van der Waals surface area contributed by atoms with E-state index in [4.69, 9.17) is 5.73 Å². The Hall–Kier alpha value is -0.890. The van der Waals surface area contributed by atoms with Crippen molar-refractivity contribution in [3.05, 3.63) is 23.4 Å². The van der Waals surface area contributed by atoms with E-state index in [2.05, 4.69) is 11.6 Å². The lowest BCUT2D eigenvalue weighted by Crippen LogP contribution is -2.18. The zero-order chi connectivity index (χ0) is 7.72. The van der Waals surface area contributed by atoms with E-state index in [9.17, 15) is 0 Å². The largest absolute Gasteiger partial charge is 0.325 e. The summed E-state index contributed by atoms with van der Waals surface area (Å²) in [7, 11) is 0. The number of nitrogens with two attached hydrogens (primary N) is 1. The van der Waals surface area contributed by atoms with Gasteiger partial charge in [0.2, 0.25) is 0 Å². The average Bonchev–Trinajstić information content (AvgIpc) is 1.85. The number of hydrogen-bond acceptors (Lipinski definition) is 2. The van der Waals surface area contributed by atoms with Crippen molar-refractivity contribution >= 4 is 5.71 Å². The second kappa shape index (κ2) is 2.39. The van der Waals surface area contributed by atoms with E-state index < -0.39 is 0 Å². The van der Waals surface area contributed by atoms with Crippen molar-refractivity contribution in [1.82, 2.24) is 0 Å². The Morgan fingerprint density at radius 3 is 2.60 bits per heavy atom. The summed E-state index contributed by atoms with van der Waals surface area (Å²) in [6.07, 6.45) is 0. The lowest BCUT2D eigenvalue weighted by molar-refractivity contribution is 1.04. The van der Waals surface area contributed by atoms with Gasteiger partial charge in [-0.25, -0.2) is 0 Å². The second-order valence-electron chi connectivity index (χ2n) is 2.52. The first kappa shape index (κ1) is 7.22. The van der Waals surface area contributed by atoms with E-state index in [0.29, 0.717) is 6.54 Å². The van der Waals surface area contributed by atoms with Crippen LogP contribution in [0.1, 0.15) is 13.8 Å². The fourth-order valence-electron chi connectivity index (χ4n) is 1.00. The van der Waals surface area contributed by atoms with E-state index in [-0.39, 0.29) is 0 Å². The minimum atomic E-state index is 0.544. The molecule has 0 spiro atoms. The molecule has 1 rings (SSSR count). The maximum Gasteiger partial charge on any atom is 0.0704 e. The molecule has 1 aliphatic heterocycles. The molecule has 10 heavy (non-hydrogen) atoms. The predicted octanol–water partition coefficient (Wildman–Crippen LogP) is 1.25. The topological polar surface area (TPSA) is 38.4 Å². The van der Waals surface area contributed by atoms with Gasteiger partial charge in [-0.1, -0.05) is 6.58 Å². The van der Waals surface area contributed by atoms with E-state index in [1.54, 1.807) is 0 Å². The summed E-state index contributed by atoms with van der Waals surface area (Å²) >= 11 is 0. The normalized spacial score (nSPS) is 16.5. The maximum atomic E-state index is 5.39. The summed E-state index contributed by atoms with van der Waals surface area (Å²) in [5, 5.41) is 0. The molecule has 0 fully saturated rings. The van der Waals surface area contributed by atoms with Gasteiger partial charge in [-0.05, 0) is 25.0 Å². The fourth-order valence-corrected chi connectivity index (χ4v) is 1.00. The van der Waals surface area contributed by atoms with Crippen molar-refractivity contribution in [2.75, 3.05) is 6.54 Å². The van der Waals surface area contributed by atoms with Crippen LogP contribution in [0.25, 0.3) is 0 Å². The molecule has 0 saturated carbocycles. The van der Waals surface area contributed by atoms with Crippen LogP contribution >= 0.6 is 0 Å². The first-order chi connectivity index (χ1) is 4.66. The van der Waals surface area contributed by atoms with E-state index in [1.165, 1.54) is 5.57 Å². The molecule has 0 bridgehead atoms. The molecule has 0 saturated heterocycles. The van der Waals surface area contributed by atoms with E-state index in [0.717, 1.165) is 17.0 Å². The molecule has 0 amide bonds. The minimum absolute atomic E-state index is 0.544. The van der Waals surface area contributed by atoms with Gasteiger partial charge in [0.1, 0.15) is 0 Å². The number of rotatable bonds is 2. The quantitative estimate of drug-likeness (QED) is 0.609. The summed E-state index contributed by atoms with van der Waals surface area (Å²) in [5.74, 6) is 0. The molecule has 2 N–H and O–H groups in total. The fraction of sp³-hybridized carbons (Fsp3) is 0.375. The molecule has 2 heteroatoms. The SMILES string of the molecule is C=C(C)C1=NC(CN)=C1C. The molecule has 2 nitrogen and oxygen atoms in total. The number of nitrogens with zero attached hydrogens (tertiary/aromatic N) is 1. The molecule has 0 atom stereocenters. The van der Waals surface area contributed by atoms with Gasteiger partial charge < -0.3 is 5.73 Å². The van der Waals surface area contributed by atoms with Gasteiger partial charge in [-0.15, -0.1) is 0 Å². The molecule has 0 unspecified atom stereocenters. The maximum absolute atomic E-state index is 5.39. The first-order valence-corrected chi connectivity index (χ1v) is 3.31. The lowest BCUT2D eigenvalue weighted by Gasteiger charge is -2.18. The van der Waals surface area contributed by atoms with Crippen molar-refractivity contribution in [3.8, 4) is 0 Å². The molecule has 0 radical (unpaired) electrons. The molecule has 1 aliphatic rings. The van der Waals surface area contributed by atoms with Crippen molar-refractivity contribution in [3.63, 3.8) is 0 Å². The summed E-state index contributed by atoms with van der Waals surface area (Å²) in [6, 6.07) is 0. The Bertz CT molecular complexity index is 234. The van der Waals surface area contributed by atoms with Gasteiger partial charge in [0.25, 0.3) is 0 Å². The average molecular weight is 136 g/mol. The van der Waals surface area contributed by atoms with Gasteiger partial charge in [-0.3, -0.25) is 4.99 Å². The summed E-state index contributed by atoms with van der Waals surface area (Å²) < 4.78 is 0. The standard InChI is InChI=1S/C8H12N2/c1-5(2)8-6(3)7(4-9)10-8/h1,4,9H2,2-3H3. The summed E-state index contributed by atoms with van der Waals surface area (Å²) in [4.78, 5) is 4.19. The molecule has 0 aromatic rings. The molecule has 0 aliphatic carbocycles. The Morgan fingerprint density at radius 2 is 2.30 bits per heavy atom. The zero-order valence-electron chi connectivity index (χ0n) is 6.44. The van der Waals surface area contributed by atoms with Crippen LogP contribution in [-0.2, 0) is 0 Å². The Kier molecular flexibility index (Phi) is 1.72. The van der Waals surface area contributed by atoms with Crippen molar-refractivity contribution < 1.29 is 0 Å². The zero-order valence-corrected chi connectivity index (χ0v) is 6.44. The Labute approximate surface area is 61.1 Å². The van der Waals surface area contributed by atoms with Crippen molar-refractivity contribution in [1.29, 1.82) is 0 Å². The summed E-state index contributed by atoms with van der Waals surface area (Å²) in [6.45, 7) is 8.32. The van der Waals surface area contributed by atoms with Crippen LogP contribution in [-0.4, -0.2) is 12.3 Å². The van der Waals surface area contributed by atoms with Crippen LogP contribution < -0.4 is 5.73 Å². The first-order valence-electron chi connectivity index (χ1n) is 3.31. The van der Waals surface area contributed by atoms with Gasteiger partial charge >= 0.3 is 0 Å². The number of allylic oxidation sites excluding steroid dienone is 2. The van der Waals surface area contributed by atoms with Gasteiger partial charge in [0.05, 0.1) is 11.4 Å². The number of aliphatic imine (C=N–C) groups is 1. The monoisotopic (exact) mass is 136 g/mol. The van der Waals surface area contributed by atoms with Gasteiger partial charge in [0.15, 0.2) is 0 Å². The third-order valence-corrected chi connectivity index (χ3v) is 1.63. The molecular weight excluding hydrogens is 124 g/mol. The minimum Gasteiger partial charge on any atom is -0.325 e. The van der Waals surface area contributed by atoms with Crippen molar-refractivity contribution in [2.24, 2.45) is 10.7 Å². The lowest BCUT2D eigenvalue weighted by atomic mass is 9.99. The second-order valence-corrected chi connectivity index (χ2v) is 2.52. The molecular formula is C8H12N2. The third kappa shape index (κ3) is 0.907. The predicted molar refractivity (Wildman–Crippen MR) is 44.0 cm³/mol. The van der Waals surface area contributed by atoms with Gasteiger partial charge in [0, 0.05) is 6.54 Å². The van der Waals surface area contributed by atoms with Crippen LogP contribution in [0.3, 0.4) is 0 Å². The van der Waals surface area contributed by atoms with Crippen LogP contribution in [0.4, 0.5) is 0 Å².